The summed E-state index contributed by atoms with van der Waals surface area (Å²) in [7, 11) is 0. The average molecular weight is 423 g/mol. The number of hydrogen-bond acceptors (Lipinski definition) is 3. The molecule has 0 bridgehead atoms. The van der Waals surface area contributed by atoms with Gasteiger partial charge in [0.05, 0.1) is 19.0 Å². The van der Waals surface area contributed by atoms with Crippen molar-refractivity contribution < 1.29 is 14.4 Å². The topological polar surface area (TPSA) is 90.5 Å². The van der Waals surface area contributed by atoms with Crippen molar-refractivity contribution in [3.05, 3.63) is 71.8 Å². The molecule has 2 aromatic carbocycles. The zero-order valence-electron chi connectivity index (χ0n) is 17.7. The molecule has 1 saturated heterocycles. The van der Waals surface area contributed by atoms with Crippen molar-refractivity contribution >= 4 is 17.8 Å². The maximum absolute atomic E-state index is 13.1. The molecule has 1 aliphatic heterocycles. The highest BCUT2D eigenvalue weighted by atomic mass is 16.2. The number of carbonyl (C=O) groups is 3. The lowest BCUT2D eigenvalue weighted by atomic mass is 10.00. The van der Waals surface area contributed by atoms with Gasteiger partial charge in [-0.15, -0.1) is 0 Å². The van der Waals surface area contributed by atoms with Crippen LogP contribution in [0.5, 0.6) is 0 Å². The Morgan fingerprint density at radius 2 is 1.65 bits per heavy atom. The van der Waals surface area contributed by atoms with Crippen LogP contribution >= 0.6 is 0 Å². The van der Waals surface area contributed by atoms with Gasteiger partial charge in [-0.05, 0) is 30.4 Å². The SMILES string of the molecule is O=C1CC(c2ccccc2)N(C(=O)CNC(=O)NCc2ccccc2)CCCCCN1. The first-order chi connectivity index (χ1) is 15.1. The van der Waals surface area contributed by atoms with E-state index in [1.165, 1.54) is 0 Å². The standard InChI is InChI=1S/C24H30N4O3/c29-22-16-21(20-12-6-2-7-13-20)28(15-9-3-8-14-25-22)23(30)18-27-24(31)26-17-19-10-4-1-5-11-19/h1-2,4-7,10-13,21H,3,8-9,14-18H2,(H,25,29)(H2,26,27,31). The van der Waals surface area contributed by atoms with Crippen LogP contribution in [0.4, 0.5) is 4.79 Å². The van der Waals surface area contributed by atoms with Crippen LogP contribution in [0.3, 0.4) is 0 Å². The molecule has 0 aromatic heterocycles. The van der Waals surface area contributed by atoms with E-state index in [-0.39, 0.29) is 30.8 Å². The van der Waals surface area contributed by atoms with Gasteiger partial charge in [-0.1, -0.05) is 60.7 Å². The number of amides is 4. The van der Waals surface area contributed by atoms with E-state index in [4.69, 9.17) is 0 Å². The molecule has 1 fully saturated rings. The lowest BCUT2D eigenvalue weighted by molar-refractivity contribution is -0.134. The summed E-state index contributed by atoms with van der Waals surface area (Å²) in [6.07, 6.45) is 2.88. The first-order valence-corrected chi connectivity index (χ1v) is 10.8. The van der Waals surface area contributed by atoms with Crippen molar-refractivity contribution in [2.45, 2.75) is 38.3 Å². The van der Waals surface area contributed by atoms with E-state index >= 15 is 0 Å². The zero-order chi connectivity index (χ0) is 21.9. The Balaban J connectivity index is 1.64. The molecule has 4 amide bonds. The van der Waals surface area contributed by atoms with Crippen LogP contribution < -0.4 is 16.0 Å². The van der Waals surface area contributed by atoms with Crippen LogP contribution in [-0.4, -0.2) is 42.4 Å². The minimum absolute atomic E-state index is 0.0675. The van der Waals surface area contributed by atoms with Crippen molar-refractivity contribution in [2.75, 3.05) is 19.6 Å². The summed E-state index contributed by atoms with van der Waals surface area (Å²) >= 11 is 0. The van der Waals surface area contributed by atoms with Gasteiger partial charge in [0.15, 0.2) is 0 Å². The van der Waals surface area contributed by atoms with Gasteiger partial charge >= 0.3 is 6.03 Å². The van der Waals surface area contributed by atoms with Gasteiger partial charge in [0.2, 0.25) is 11.8 Å². The largest absolute Gasteiger partial charge is 0.356 e. The number of benzene rings is 2. The van der Waals surface area contributed by atoms with Gasteiger partial charge in [0.1, 0.15) is 0 Å². The van der Waals surface area contributed by atoms with Gasteiger partial charge < -0.3 is 20.9 Å². The molecule has 3 N–H and O–H groups in total. The number of rotatable bonds is 5. The molecule has 164 valence electrons. The second kappa shape index (κ2) is 11.7. The lowest BCUT2D eigenvalue weighted by Gasteiger charge is -2.33. The van der Waals surface area contributed by atoms with Crippen LogP contribution in [0.25, 0.3) is 0 Å². The number of carbonyl (C=O) groups excluding carboxylic acids is 3. The maximum Gasteiger partial charge on any atom is 0.315 e. The second-order valence-corrected chi connectivity index (χ2v) is 7.65. The van der Waals surface area contributed by atoms with Crippen LogP contribution in [0.15, 0.2) is 60.7 Å². The van der Waals surface area contributed by atoms with Gasteiger partial charge in [0, 0.05) is 19.6 Å². The smallest absolute Gasteiger partial charge is 0.315 e. The van der Waals surface area contributed by atoms with E-state index in [0.717, 1.165) is 30.4 Å². The van der Waals surface area contributed by atoms with E-state index in [0.29, 0.717) is 19.6 Å². The van der Waals surface area contributed by atoms with Crippen molar-refractivity contribution in [2.24, 2.45) is 0 Å². The Bertz CT molecular complexity index is 858. The molecular weight excluding hydrogens is 392 g/mol. The molecule has 1 atom stereocenters. The number of hydrogen-bond donors (Lipinski definition) is 3. The molecule has 3 rings (SSSR count). The third-order valence-electron chi connectivity index (χ3n) is 5.35. The molecule has 0 radical (unpaired) electrons. The molecule has 0 saturated carbocycles. The van der Waals surface area contributed by atoms with Crippen LogP contribution in [0.1, 0.15) is 42.9 Å². The Hall–Kier alpha value is -3.35. The van der Waals surface area contributed by atoms with Crippen molar-refractivity contribution in [1.29, 1.82) is 0 Å². The molecule has 2 aromatic rings. The number of urea groups is 1. The number of nitrogens with one attached hydrogen (secondary N) is 3. The Kier molecular flexibility index (Phi) is 8.46. The highest BCUT2D eigenvalue weighted by Gasteiger charge is 2.27. The normalized spacial score (nSPS) is 17.4. The fourth-order valence-corrected chi connectivity index (χ4v) is 3.70. The van der Waals surface area contributed by atoms with Crippen LogP contribution in [0.2, 0.25) is 0 Å². The molecule has 7 nitrogen and oxygen atoms in total. The Labute approximate surface area is 183 Å². The first kappa shape index (κ1) is 22.3. The third kappa shape index (κ3) is 7.13. The summed E-state index contributed by atoms with van der Waals surface area (Å²) in [5, 5.41) is 8.36. The third-order valence-corrected chi connectivity index (χ3v) is 5.35. The van der Waals surface area contributed by atoms with Gasteiger partial charge in [0.25, 0.3) is 0 Å². The summed E-state index contributed by atoms with van der Waals surface area (Å²) in [4.78, 5) is 39.4. The summed E-state index contributed by atoms with van der Waals surface area (Å²) in [5.41, 5.74) is 1.90. The molecule has 31 heavy (non-hydrogen) atoms. The molecular formula is C24H30N4O3. The minimum atomic E-state index is -0.396. The van der Waals surface area contributed by atoms with E-state index < -0.39 is 6.03 Å². The van der Waals surface area contributed by atoms with Gasteiger partial charge in [-0.3, -0.25) is 9.59 Å². The highest BCUT2D eigenvalue weighted by Crippen LogP contribution is 2.25. The van der Waals surface area contributed by atoms with Crippen molar-refractivity contribution in [3.63, 3.8) is 0 Å². The van der Waals surface area contributed by atoms with E-state index in [9.17, 15) is 14.4 Å². The molecule has 7 heteroatoms. The van der Waals surface area contributed by atoms with E-state index in [1.54, 1.807) is 4.90 Å². The summed E-state index contributed by atoms with van der Waals surface area (Å²) in [6.45, 7) is 1.49. The zero-order valence-corrected chi connectivity index (χ0v) is 17.7. The van der Waals surface area contributed by atoms with E-state index in [1.807, 2.05) is 60.7 Å². The predicted octanol–water partition coefficient (Wildman–Crippen LogP) is 2.75. The van der Waals surface area contributed by atoms with E-state index in [2.05, 4.69) is 16.0 Å². The van der Waals surface area contributed by atoms with Gasteiger partial charge in [-0.25, -0.2) is 4.79 Å². The summed E-state index contributed by atoms with van der Waals surface area (Å²) in [6, 6.07) is 18.4. The summed E-state index contributed by atoms with van der Waals surface area (Å²) in [5.74, 6) is -0.265. The number of nitrogens with zero attached hydrogens (tertiary/aromatic N) is 1. The monoisotopic (exact) mass is 422 g/mol. The molecule has 0 spiro atoms. The fourth-order valence-electron chi connectivity index (χ4n) is 3.70. The molecule has 1 heterocycles. The maximum atomic E-state index is 13.1. The van der Waals surface area contributed by atoms with Gasteiger partial charge in [-0.2, -0.15) is 0 Å². The van der Waals surface area contributed by atoms with Crippen LogP contribution in [-0.2, 0) is 16.1 Å². The first-order valence-electron chi connectivity index (χ1n) is 10.8. The molecule has 1 aliphatic rings. The predicted molar refractivity (Wildman–Crippen MR) is 119 cm³/mol. The average Bonchev–Trinajstić information content (AvgIpc) is 2.81. The van der Waals surface area contributed by atoms with Crippen molar-refractivity contribution in [3.8, 4) is 0 Å². The second-order valence-electron chi connectivity index (χ2n) is 7.65. The highest BCUT2D eigenvalue weighted by molar-refractivity contribution is 5.85. The summed E-state index contributed by atoms with van der Waals surface area (Å²) < 4.78 is 0. The fraction of sp³-hybridized carbons (Fsp3) is 0.375. The lowest BCUT2D eigenvalue weighted by Crippen LogP contribution is -2.46. The van der Waals surface area contributed by atoms with Crippen LogP contribution in [0, 0.1) is 0 Å². The molecule has 1 unspecified atom stereocenters. The molecule has 0 aliphatic carbocycles. The van der Waals surface area contributed by atoms with Crippen molar-refractivity contribution in [1.82, 2.24) is 20.9 Å². The Morgan fingerprint density at radius 3 is 2.39 bits per heavy atom. The minimum Gasteiger partial charge on any atom is -0.356 e. The Morgan fingerprint density at radius 1 is 0.935 bits per heavy atom. The quantitative estimate of drug-likeness (QED) is 0.692.